The second-order valence-electron chi connectivity index (χ2n) is 6.89. The summed E-state index contributed by atoms with van der Waals surface area (Å²) in [6.07, 6.45) is 7.47. The van der Waals surface area contributed by atoms with Gasteiger partial charge in [0.15, 0.2) is 5.82 Å². The standard InChI is InChI=1S/C16H27N3O/c1-11(2)12-5-7-13(8-6-12)15-18-16(20-19-15)14-4-3-9-17-10-14/h11-14,17H,3-10H2,1-2H3. The van der Waals surface area contributed by atoms with Gasteiger partial charge in [-0.2, -0.15) is 4.98 Å². The van der Waals surface area contributed by atoms with Crippen LogP contribution in [0.2, 0.25) is 0 Å². The van der Waals surface area contributed by atoms with Gasteiger partial charge < -0.3 is 9.84 Å². The Hall–Kier alpha value is -0.900. The highest BCUT2D eigenvalue weighted by Gasteiger charge is 2.28. The second kappa shape index (κ2) is 6.25. The lowest BCUT2D eigenvalue weighted by molar-refractivity contribution is 0.251. The number of piperidine rings is 1. The molecule has 1 aliphatic carbocycles. The molecule has 112 valence electrons. The smallest absolute Gasteiger partial charge is 0.231 e. The van der Waals surface area contributed by atoms with Crippen LogP contribution in [0.3, 0.4) is 0 Å². The summed E-state index contributed by atoms with van der Waals surface area (Å²) in [6, 6.07) is 0. The fourth-order valence-electron chi connectivity index (χ4n) is 3.69. The van der Waals surface area contributed by atoms with E-state index in [4.69, 9.17) is 9.51 Å². The molecular formula is C16H27N3O. The molecule has 4 nitrogen and oxygen atoms in total. The molecule has 4 heteroatoms. The molecule has 0 amide bonds. The van der Waals surface area contributed by atoms with Crippen molar-refractivity contribution in [1.82, 2.24) is 15.5 Å². The highest BCUT2D eigenvalue weighted by Crippen LogP contribution is 2.38. The van der Waals surface area contributed by atoms with Gasteiger partial charge in [0.25, 0.3) is 0 Å². The van der Waals surface area contributed by atoms with Gasteiger partial charge in [-0.15, -0.1) is 0 Å². The lowest BCUT2D eigenvalue weighted by Crippen LogP contribution is -2.28. The van der Waals surface area contributed by atoms with Crippen molar-refractivity contribution in [3.63, 3.8) is 0 Å². The van der Waals surface area contributed by atoms with E-state index in [1.165, 1.54) is 38.5 Å². The summed E-state index contributed by atoms with van der Waals surface area (Å²) in [6.45, 7) is 6.79. The Labute approximate surface area is 121 Å². The number of nitrogens with zero attached hydrogens (tertiary/aromatic N) is 2. The van der Waals surface area contributed by atoms with Crippen molar-refractivity contribution < 1.29 is 4.52 Å². The molecule has 1 aromatic rings. The first-order valence-electron chi connectivity index (χ1n) is 8.28. The summed E-state index contributed by atoms with van der Waals surface area (Å²) in [4.78, 5) is 4.71. The van der Waals surface area contributed by atoms with E-state index in [9.17, 15) is 0 Å². The van der Waals surface area contributed by atoms with E-state index < -0.39 is 0 Å². The third kappa shape index (κ3) is 3.05. The molecule has 1 unspecified atom stereocenters. The quantitative estimate of drug-likeness (QED) is 0.919. The fourth-order valence-corrected chi connectivity index (χ4v) is 3.69. The average molecular weight is 277 g/mol. The highest BCUT2D eigenvalue weighted by atomic mass is 16.5. The third-order valence-corrected chi connectivity index (χ3v) is 5.18. The topological polar surface area (TPSA) is 51.0 Å². The van der Waals surface area contributed by atoms with E-state index in [0.717, 1.165) is 36.6 Å². The monoisotopic (exact) mass is 277 g/mol. The van der Waals surface area contributed by atoms with Crippen molar-refractivity contribution in [3.8, 4) is 0 Å². The molecule has 1 aliphatic heterocycles. The van der Waals surface area contributed by atoms with Crippen LogP contribution in [-0.2, 0) is 0 Å². The summed E-state index contributed by atoms with van der Waals surface area (Å²) >= 11 is 0. The zero-order valence-corrected chi connectivity index (χ0v) is 12.8. The molecule has 1 atom stereocenters. The molecule has 2 heterocycles. The van der Waals surface area contributed by atoms with Crippen LogP contribution >= 0.6 is 0 Å². The van der Waals surface area contributed by atoms with Crippen LogP contribution in [-0.4, -0.2) is 23.2 Å². The SMILES string of the molecule is CC(C)C1CCC(c2noc(C3CCCNC3)n2)CC1. The Kier molecular flexibility index (Phi) is 4.39. The molecule has 1 N–H and O–H groups in total. The van der Waals surface area contributed by atoms with Crippen molar-refractivity contribution >= 4 is 0 Å². The molecule has 0 spiro atoms. The molecule has 1 saturated carbocycles. The van der Waals surface area contributed by atoms with E-state index in [2.05, 4.69) is 24.3 Å². The predicted molar refractivity (Wildman–Crippen MR) is 78.7 cm³/mol. The Morgan fingerprint density at radius 3 is 2.55 bits per heavy atom. The summed E-state index contributed by atoms with van der Waals surface area (Å²) in [5.74, 6) is 4.48. The van der Waals surface area contributed by atoms with Crippen LogP contribution in [0.4, 0.5) is 0 Å². The number of hydrogen-bond donors (Lipinski definition) is 1. The minimum absolute atomic E-state index is 0.428. The molecule has 1 aromatic heterocycles. The molecule has 1 saturated heterocycles. The predicted octanol–water partition coefficient (Wildman–Crippen LogP) is 3.47. The Balaban J connectivity index is 1.60. The molecular weight excluding hydrogens is 250 g/mol. The van der Waals surface area contributed by atoms with Crippen LogP contribution in [0.5, 0.6) is 0 Å². The van der Waals surface area contributed by atoms with Gasteiger partial charge in [-0.1, -0.05) is 19.0 Å². The van der Waals surface area contributed by atoms with Crippen LogP contribution in [0.1, 0.15) is 75.9 Å². The number of hydrogen-bond acceptors (Lipinski definition) is 4. The lowest BCUT2D eigenvalue weighted by Gasteiger charge is -2.29. The van der Waals surface area contributed by atoms with Crippen LogP contribution in [0, 0.1) is 11.8 Å². The molecule has 0 bridgehead atoms. The summed E-state index contributed by atoms with van der Waals surface area (Å²) in [5, 5.41) is 7.68. The third-order valence-electron chi connectivity index (χ3n) is 5.18. The van der Waals surface area contributed by atoms with E-state index in [1.54, 1.807) is 0 Å². The van der Waals surface area contributed by atoms with Gasteiger partial charge in [-0.25, -0.2) is 0 Å². The molecule has 2 aliphatic rings. The van der Waals surface area contributed by atoms with Gasteiger partial charge in [-0.05, 0) is 56.9 Å². The first kappa shape index (κ1) is 14.1. The van der Waals surface area contributed by atoms with Gasteiger partial charge in [-0.3, -0.25) is 0 Å². The second-order valence-corrected chi connectivity index (χ2v) is 6.89. The molecule has 20 heavy (non-hydrogen) atoms. The summed E-state index contributed by atoms with van der Waals surface area (Å²) in [7, 11) is 0. The normalized spacial score (nSPS) is 31.6. The van der Waals surface area contributed by atoms with Crippen molar-refractivity contribution in [1.29, 1.82) is 0 Å². The van der Waals surface area contributed by atoms with E-state index in [0.29, 0.717) is 11.8 Å². The zero-order chi connectivity index (χ0) is 13.9. The maximum absolute atomic E-state index is 5.53. The maximum Gasteiger partial charge on any atom is 0.231 e. The zero-order valence-electron chi connectivity index (χ0n) is 12.8. The van der Waals surface area contributed by atoms with Gasteiger partial charge in [0.1, 0.15) is 0 Å². The largest absolute Gasteiger partial charge is 0.339 e. The summed E-state index contributed by atoms with van der Waals surface area (Å²) in [5.41, 5.74) is 0. The average Bonchev–Trinajstić information content (AvgIpc) is 2.98. The van der Waals surface area contributed by atoms with Crippen molar-refractivity contribution in [2.75, 3.05) is 13.1 Å². The van der Waals surface area contributed by atoms with E-state index in [1.807, 2.05) is 0 Å². The van der Waals surface area contributed by atoms with Crippen LogP contribution < -0.4 is 5.32 Å². The minimum Gasteiger partial charge on any atom is -0.339 e. The van der Waals surface area contributed by atoms with Gasteiger partial charge in [0.2, 0.25) is 5.89 Å². The first-order chi connectivity index (χ1) is 9.74. The van der Waals surface area contributed by atoms with Gasteiger partial charge >= 0.3 is 0 Å². The van der Waals surface area contributed by atoms with E-state index in [-0.39, 0.29) is 0 Å². The van der Waals surface area contributed by atoms with Crippen molar-refractivity contribution in [3.05, 3.63) is 11.7 Å². The molecule has 0 radical (unpaired) electrons. The molecule has 2 fully saturated rings. The number of rotatable bonds is 3. The van der Waals surface area contributed by atoms with Crippen molar-refractivity contribution in [2.24, 2.45) is 11.8 Å². The van der Waals surface area contributed by atoms with Crippen LogP contribution in [0.25, 0.3) is 0 Å². The highest BCUT2D eigenvalue weighted by molar-refractivity contribution is 5.02. The molecule has 0 aromatic carbocycles. The Bertz CT molecular complexity index is 415. The number of nitrogens with one attached hydrogen (secondary N) is 1. The maximum atomic E-state index is 5.53. The lowest BCUT2D eigenvalue weighted by atomic mass is 9.77. The van der Waals surface area contributed by atoms with Crippen LogP contribution in [0.15, 0.2) is 4.52 Å². The van der Waals surface area contributed by atoms with E-state index >= 15 is 0 Å². The number of aromatic nitrogens is 2. The van der Waals surface area contributed by atoms with Gasteiger partial charge in [0.05, 0.1) is 5.92 Å². The molecule has 3 rings (SSSR count). The van der Waals surface area contributed by atoms with Gasteiger partial charge in [0, 0.05) is 12.5 Å². The Morgan fingerprint density at radius 2 is 1.90 bits per heavy atom. The Morgan fingerprint density at radius 1 is 1.10 bits per heavy atom. The summed E-state index contributed by atoms with van der Waals surface area (Å²) < 4.78 is 5.53. The first-order valence-corrected chi connectivity index (χ1v) is 8.28. The minimum atomic E-state index is 0.428. The fraction of sp³-hybridized carbons (Fsp3) is 0.875. The van der Waals surface area contributed by atoms with Crippen molar-refractivity contribution in [2.45, 2.75) is 64.2 Å².